The smallest absolute Gasteiger partial charge is 0.0309 e. The van der Waals surface area contributed by atoms with E-state index in [0.717, 1.165) is 12.0 Å². The summed E-state index contributed by atoms with van der Waals surface area (Å²) in [6.07, 6.45) is 9.97. The number of piperazine rings is 1. The lowest BCUT2D eigenvalue weighted by Crippen LogP contribution is -2.70. The van der Waals surface area contributed by atoms with Crippen LogP contribution in [0.4, 0.5) is 0 Å². The molecule has 2 nitrogen and oxygen atoms in total. The topological polar surface area (TPSA) is 15.3 Å². The predicted octanol–water partition coefficient (Wildman–Crippen LogP) is 3.17. The molecule has 1 heterocycles. The molecule has 2 saturated carbocycles. The molecule has 1 saturated heterocycles. The van der Waals surface area contributed by atoms with Gasteiger partial charge in [-0.1, -0.05) is 26.7 Å². The summed E-state index contributed by atoms with van der Waals surface area (Å²) in [4.78, 5) is 2.91. The lowest BCUT2D eigenvalue weighted by molar-refractivity contribution is -0.0615. The third kappa shape index (κ3) is 2.02. The van der Waals surface area contributed by atoms with Gasteiger partial charge in [-0.15, -0.1) is 0 Å². The van der Waals surface area contributed by atoms with Gasteiger partial charge in [0.1, 0.15) is 0 Å². The van der Waals surface area contributed by atoms with Crippen molar-refractivity contribution in [1.29, 1.82) is 0 Å². The van der Waals surface area contributed by atoms with Crippen LogP contribution in [0.3, 0.4) is 0 Å². The van der Waals surface area contributed by atoms with Crippen molar-refractivity contribution in [3.8, 4) is 0 Å². The molecule has 18 heavy (non-hydrogen) atoms. The average Bonchev–Trinajstić information content (AvgIpc) is 2.74. The summed E-state index contributed by atoms with van der Waals surface area (Å²) >= 11 is 0. The number of nitrogens with one attached hydrogen (secondary N) is 1. The zero-order valence-electron chi connectivity index (χ0n) is 12.5. The standard InChI is InChI=1S/C16H30N2/c1-13(2)14-11-17-16(9-4-5-10-16)12-18(14)15(3)7-6-8-15/h13-14,17H,4-12H2,1-3H3. The van der Waals surface area contributed by atoms with E-state index in [9.17, 15) is 0 Å². The minimum absolute atomic E-state index is 0.476. The molecule has 1 spiro atoms. The molecule has 0 amide bonds. The van der Waals surface area contributed by atoms with Crippen LogP contribution in [-0.2, 0) is 0 Å². The SMILES string of the molecule is CC(C)C1CNC2(CCCC2)CN1C1(C)CCC1. The molecule has 1 unspecified atom stereocenters. The van der Waals surface area contributed by atoms with Gasteiger partial charge in [-0.05, 0) is 44.9 Å². The molecule has 1 atom stereocenters. The summed E-state index contributed by atoms with van der Waals surface area (Å²) in [6.45, 7) is 9.83. The molecule has 1 aliphatic heterocycles. The first kappa shape index (κ1) is 12.9. The van der Waals surface area contributed by atoms with Gasteiger partial charge in [0.2, 0.25) is 0 Å². The van der Waals surface area contributed by atoms with Gasteiger partial charge in [-0.2, -0.15) is 0 Å². The summed E-state index contributed by atoms with van der Waals surface area (Å²) in [5.41, 5.74) is 0.997. The zero-order valence-corrected chi connectivity index (χ0v) is 12.5. The van der Waals surface area contributed by atoms with Crippen molar-refractivity contribution in [2.45, 2.75) is 82.8 Å². The molecule has 0 radical (unpaired) electrons. The maximum atomic E-state index is 3.93. The maximum absolute atomic E-state index is 3.93. The summed E-state index contributed by atoms with van der Waals surface area (Å²) in [6, 6.07) is 0.751. The van der Waals surface area contributed by atoms with Crippen molar-refractivity contribution in [3.05, 3.63) is 0 Å². The van der Waals surface area contributed by atoms with Crippen LogP contribution in [0.2, 0.25) is 0 Å². The Morgan fingerprint density at radius 1 is 1.06 bits per heavy atom. The lowest BCUT2D eigenvalue weighted by Gasteiger charge is -2.58. The number of rotatable bonds is 2. The molecule has 2 heteroatoms. The highest BCUT2D eigenvalue weighted by molar-refractivity contribution is 5.07. The molecule has 1 N–H and O–H groups in total. The molecule has 2 aliphatic carbocycles. The minimum Gasteiger partial charge on any atom is -0.308 e. The molecule has 3 aliphatic rings. The average molecular weight is 250 g/mol. The van der Waals surface area contributed by atoms with Crippen LogP contribution in [-0.4, -0.2) is 35.1 Å². The number of hydrogen-bond donors (Lipinski definition) is 1. The molecule has 0 aromatic heterocycles. The van der Waals surface area contributed by atoms with E-state index < -0.39 is 0 Å². The van der Waals surface area contributed by atoms with Crippen molar-refractivity contribution >= 4 is 0 Å². The van der Waals surface area contributed by atoms with E-state index in [4.69, 9.17) is 0 Å². The fourth-order valence-corrected chi connectivity index (χ4v) is 4.48. The van der Waals surface area contributed by atoms with Gasteiger partial charge in [0.15, 0.2) is 0 Å². The quantitative estimate of drug-likeness (QED) is 0.810. The highest BCUT2D eigenvalue weighted by Crippen LogP contribution is 2.44. The summed E-state index contributed by atoms with van der Waals surface area (Å²) < 4.78 is 0. The predicted molar refractivity (Wildman–Crippen MR) is 76.8 cm³/mol. The Labute approximate surface area is 113 Å². The van der Waals surface area contributed by atoms with Crippen LogP contribution in [0.15, 0.2) is 0 Å². The Morgan fingerprint density at radius 3 is 2.22 bits per heavy atom. The van der Waals surface area contributed by atoms with Gasteiger partial charge in [-0.25, -0.2) is 0 Å². The zero-order chi connectivity index (χ0) is 12.8. The van der Waals surface area contributed by atoms with E-state index in [2.05, 4.69) is 31.0 Å². The first-order valence-corrected chi connectivity index (χ1v) is 8.07. The molecule has 0 bridgehead atoms. The molecule has 0 aromatic carbocycles. The molecule has 3 rings (SSSR count). The van der Waals surface area contributed by atoms with Gasteiger partial charge in [0.25, 0.3) is 0 Å². The maximum Gasteiger partial charge on any atom is 0.0309 e. The number of nitrogens with zero attached hydrogens (tertiary/aromatic N) is 1. The summed E-state index contributed by atoms with van der Waals surface area (Å²) in [7, 11) is 0. The molecule has 104 valence electrons. The first-order chi connectivity index (χ1) is 8.55. The van der Waals surface area contributed by atoms with Crippen molar-refractivity contribution < 1.29 is 0 Å². The van der Waals surface area contributed by atoms with E-state index in [1.807, 2.05) is 0 Å². The minimum atomic E-state index is 0.476. The van der Waals surface area contributed by atoms with Crippen LogP contribution in [0.5, 0.6) is 0 Å². The normalized spacial score (nSPS) is 35.0. The van der Waals surface area contributed by atoms with Crippen LogP contribution in [0, 0.1) is 5.92 Å². The Balaban J connectivity index is 1.79. The van der Waals surface area contributed by atoms with Gasteiger partial charge in [0.05, 0.1) is 0 Å². The fourth-order valence-electron chi connectivity index (χ4n) is 4.48. The Kier molecular flexibility index (Phi) is 3.22. The third-order valence-electron chi connectivity index (χ3n) is 6.01. The summed E-state index contributed by atoms with van der Waals surface area (Å²) in [5, 5.41) is 3.93. The van der Waals surface area contributed by atoms with E-state index in [-0.39, 0.29) is 0 Å². The Bertz CT molecular complexity index is 300. The van der Waals surface area contributed by atoms with Crippen molar-refractivity contribution in [2.75, 3.05) is 13.1 Å². The molecule has 0 aromatic rings. The lowest BCUT2D eigenvalue weighted by atomic mass is 9.73. The molecular weight excluding hydrogens is 220 g/mol. The van der Waals surface area contributed by atoms with Gasteiger partial charge < -0.3 is 5.32 Å². The van der Waals surface area contributed by atoms with Crippen LogP contribution >= 0.6 is 0 Å². The summed E-state index contributed by atoms with van der Waals surface area (Å²) in [5.74, 6) is 0.772. The highest BCUT2D eigenvalue weighted by Gasteiger charge is 2.49. The fraction of sp³-hybridized carbons (Fsp3) is 1.00. The van der Waals surface area contributed by atoms with E-state index in [1.54, 1.807) is 0 Å². The van der Waals surface area contributed by atoms with Gasteiger partial charge in [-0.3, -0.25) is 4.90 Å². The second-order valence-corrected chi connectivity index (χ2v) is 7.66. The van der Waals surface area contributed by atoms with Crippen LogP contribution in [0.25, 0.3) is 0 Å². The second-order valence-electron chi connectivity index (χ2n) is 7.66. The van der Waals surface area contributed by atoms with E-state index >= 15 is 0 Å². The second kappa shape index (κ2) is 4.49. The Hall–Kier alpha value is -0.0800. The third-order valence-corrected chi connectivity index (χ3v) is 6.01. The Morgan fingerprint density at radius 2 is 1.72 bits per heavy atom. The highest BCUT2D eigenvalue weighted by atomic mass is 15.3. The first-order valence-electron chi connectivity index (χ1n) is 8.07. The van der Waals surface area contributed by atoms with E-state index in [0.29, 0.717) is 11.1 Å². The van der Waals surface area contributed by atoms with E-state index in [1.165, 1.54) is 58.0 Å². The molecule has 3 fully saturated rings. The van der Waals surface area contributed by atoms with Crippen LogP contribution in [0.1, 0.15) is 65.7 Å². The van der Waals surface area contributed by atoms with Gasteiger partial charge in [0, 0.05) is 30.2 Å². The molecular formula is C16H30N2. The van der Waals surface area contributed by atoms with Crippen molar-refractivity contribution in [2.24, 2.45) is 5.92 Å². The van der Waals surface area contributed by atoms with Gasteiger partial charge >= 0.3 is 0 Å². The largest absolute Gasteiger partial charge is 0.308 e. The van der Waals surface area contributed by atoms with Crippen molar-refractivity contribution in [1.82, 2.24) is 10.2 Å². The van der Waals surface area contributed by atoms with Crippen LogP contribution < -0.4 is 5.32 Å². The number of hydrogen-bond acceptors (Lipinski definition) is 2. The monoisotopic (exact) mass is 250 g/mol. The van der Waals surface area contributed by atoms with Crippen molar-refractivity contribution in [3.63, 3.8) is 0 Å².